The molecule has 7 heteroatoms. The second kappa shape index (κ2) is 4.88. The van der Waals surface area contributed by atoms with E-state index in [4.69, 9.17) is 11.6 Å². The van der Waals surface area contributed by atoms with Crippen molar-refractivity contribution in [2.75, 3.05) is 5.32 Å². The monoisotopic (exact) mass is 306 g/mol. The molecule has 0 spiro atoms. The Kier molecular flexibility index (Phi) is 3.19. The smallest absolute Gasteiger partial charge is 0.267 e. The molecule has 102 valence electrons. The van der Waals surface area contributed by atoms with Crippen molar-refractivity contribution in [1.29, 1.82) is 0 Å². The van der Waals surface area contributed by atoms with Gasteiger partial charge < -0.3 is 5.32 Å². The molecular weight excluding hydrogens is 296 g/mol. The predicted octanol–water partition coefficient (Wildman–Crippen LogP) is 3.31. The maximum absolute atomic E-state index is 12.3. The van der Waals surface area contributed by atoms with E-state index in [9.17, 15) is 4.79 Å². The van der Waals surface area contributed by atoms with E-state index in [0.717, 1.165) is 11.5 Å². The van der Waals surface area contributed by atoms with Gasteiger partial charge in [-0.2, -0.15) is 0 Å². The van der Waals surface area contributed by atoms with E-state index in [2.05, 4.69) is 15.5 Å². The maximum Gasteiger partial charge on any atom is 0.267 e. The van der Waals surface area contributed by atoms with Crippen molar-refractivity contribution in [3.05, 3.63) is 45.7 Å². The first-order valence-corrected chi connectivity index (χ1v) is 7.14. The molecular formula is C13H11ClN4OS. The van der Waals surface area contributed by atoms with Gasteiger partial charge in [0, 0.05) is 5.69 Å². The van der Waals surface area contributed by atoms with Crippen LogP contribution in [0.15, 0.2) is 24.3 Å². The summed E-state index contributed by atoms with van der Waals surface area (Å²) in [6.45, 7) is 3.73. The molecule has 2 aromatic heterocycles. The van der Waals surface area contributed by atoms with E-state index in [1.165, 1.54) is 11.3 Å². The third-order valence-corrected chi connectivity index (χ3v) is 4.44. The first-order valence-electron chi connectivity index (χ1n) is 5.95. The van der Waals surface area contributed by atoms with Gasteiger partial charge in [0.25, 0.3) is 5.91 Å². The number of carbonyl (C=O) groups is 1. The summed E-state index contributed by atoms with van der Waals surface area (Å²) < 4.78 is 1.87. The molecule has 1 N–H and O–H groups in total. The fourth-order valence-electron chi connectivity index (χ4n) is 2.01. The Morgan fingerprint density at radius 1 is 1.30 bits per heavy atom. The van der Waals surface area contributed by atoms with Crippen LogP contribution in [0.4, 0.5) is 5.69 Å². The fourth-order valence-corrected chi connectivity index (χ4v) is 3.20. The molecule has 3 rings (SSSR count). The van der Waals surface area contributed by atoms with Crippen molar-refractivity contribution >= 4 is 39.5 Å². The van der Waals surface area contributed by atoms with Gasteiger partial charge in [0.1, 0.15) is 10.7 Å². The normalized spacial score (nSPS) is 10.9. The molecule has 0 saturated heterocycles. The van der Waals surface area contributed by atoms with Crippen molar-refractivity contribution in [3.8, 4) is 0 Å². The third-order valence-electron chi connectivity index (χ3n) is 2.98. The number of aromatic nitrogens is 3. The van der Waals surface area contributed by atoms with Crippen LogP contribution in [0.5, 0.6) is 0 Å². The number of anilines is 1. The average Bonchev–Trinajstić information content (AvgIpc) is 2.94. The molecule has 0 bridgehead atoms. The molecule has 0 atom stereocenters. The number of hydrogen-bond acceptors (Lipinski definition) is 4. The fraction of sp³-hybridized carbons (Fsp3) is 0.154. The largest absolute Gasteiger partial charge is 0.320 e. The van der Waals surface area contributed by atoms with E-state index >= 15 is 0 Å². The lowest BCUT2D eigenvalue weighted by Crippen LogP contribution is -2.12. The second-order valence-corrected chi connectivity index (χ2v) is 5.70. The standard InChI is InChI=1S/C13H11ClN4OS/c1-7-11(20-13-17-16-8(2)18(7)13)12(19)15-10-6-4-3-5-9(10)14/h3-6H,1-2H3,(H,15,19). The zero-order valence-corrected chi connectivity index (χ0v) is 12.4. The summed E-state index contributed by atoms with van der Waals surface area (Å²) in [5, 5.41) is 11.3. The van der Waals surface area contributed by atoms with Crippen molar-refractivity contribution in [2.45, 2.75) is 13.8 Å². The van der Waals surface area contributed by atoms with Gasteiger partial charge in [-0.05, 0) is 26.0 Å². The molecule has 0 fully saturated rings. The minimum absolute atomic E-state index is 0.189. The number of nitrogens with one attached hydrogen (secondary N) is 1. The number of hydrogen-bond donors (Lipinski definition) is 1. The quantitative estimate of drug-likeness (QED) is 0.790. The number of amides is 1. The second-order valence-electron chi connectivity index (χ2n) is 4.32. The minimum Gasteiger partial charge on any atom is -0.320 e. The van der Waals surface area contributed by atoms with Crippen molar-refractivity contribution in [3.63, 3.8) is 0 Å². The van der Waals surface area contributed by atoms with Crippen LogP contribution in [-0.4, -0.2) is 20.5 Å². The minimum atomic E-state index is -0.189. The summed E-state index contributed by atoms with van der Waals surface area (Å²) >= 11 is 7.35. The molecule has 0 unspecified atom stereocenters. The van der Waals surface area contributed by atoms with E-state index in [1.807, 2.05) is 30.4 Å². The molecule has 0 aliphatic rings. The van der Waals surface area contributed by atoms with Crippen LogP contribution < -0.4 is 5.32 Å². The Hall–Kier alpha value is -1.92. The Bertz CT molecular complexity index is 808. The van der Waals surface area contributed by atoms with Crippen LogP contribution in [0.25, 0.3) is 4.96 Å². The topological polar surface area (TPSA) is 59.3 Å². The molecule has 0 saturated carbocycles. The summed E-state index contributed by atoms with van der Waals surface area (Å²) in [6, 6.07) is 7.14. The summed E-state index contributed by atoms with van der Waals surface area (Å²) in [5.41, 5.74) is 1.43. The lowest BCUT2D eigenvalue weighted by molar-refractivity contribution is 0.102. The van der Waals surface area contributed by atoms with E-state index < -0.39 is 0 Å². The van der Waals surface area contributed by atoms with Gasteiger partial charge in [0.15, 0.2) is 0 Å². The molecule has 3 aromatic rings. The highest BCUT2D eigenvalue weighted by Gasteiger charge is 2.19. The highest BCUT2D eigenvalue weighted by molar-refractivity contribution is 7.19. The van der Waals surface area contributed by atoms with Gasteiger partial charge in [-0.15, -0.1) is 10.2 Å². The zero-order valence-electron chi connectivity index (χ0n) is 10.8. The number of fused-ring (bicyclic) bond motifs is 1. The summed E-state index contributed by atoms with van der Waals surface area (Å²) in [6.07, 6.45) is 0. The van der Waals surface area contributed by atoms with Crippen LogP contribution in [0.3, 0.4) is 0 Å². The number of benzene rings is 1. The van der Waals surface area contributed by atoms with Crippen LogP contribution in [0.1, 0.15) is 21.2 Å². The number of rotatable bonds is 2. The first-order chi connectivity index (χ1) is 9.58. The molecule has 1 aromatic carbocycles. The Labute approximate surface area is 124 Å². The molecule has 0 aliphatic heterocycles. The number of para-hydroxylation sites is 1. The Morgan fingerprint density at radius 3 is 2.75 bits per heavy atom. The van der Waals surface area contributed by atoms with Gasteiger partial charge in [0.2, 0.25) is 4.96 Å². The molecule has 5 nitrogen and oxygen atoms in total. The van der Waals surface area contributed by atoms with Crippen LogP contribution in [-0.2, 0) is 0 Å². The zero-order chi connectivity index (χ0) is 14.3. The molecule has 0 aliphatic carbocycles. The lowest BCUT2D eigenvalue weighted by atomic mass is 10.3. The predicted molar refractivity (Wildman–Crippen MR) is 79.7 cm³/mol. The van der Waals surface area contributed by atoms with Crippen LogP contribution in [0, 0.1) is 13.8 Å². The van der Waals surface area contributed by atoms with Crippen molar-refractivity contribution in [1.82, 2.24) is 14.6 Å². The number of nitrogens with zero attached hydrogens (tertiary/aromatic N) is 3. The first kappa shape index (κ1) is 13.1. The average molecular weight is 307 g/mol. The third kappa shape index (κ3) is 2.07. The van der Waals surface area contributed by atoms with Gasteiger partial charge in [-0.25, -0.2) is 0 Å². The Morgan fingerprint density at radius 2 is 2.05 bits per heavy atom. The SMILES string of the molecule is Cc1nnc2sc(C(=O)Nc3ccccc3Cl)c(C)n12. The number of carbonyl (C=O) groups excluding carboxylic acids is 1. The summed E-state index contributed by atoms with van der Waals surface area (Å²) in [4.78, 5) is 13.7. The maximum atomic E-state index is 12.3. The van der Waals surface area contributed by atoms with E-state index in [-0.39, 0.29) is 5.91 Å². The summed E-state index contributed by atoms with van der Waals surface area (Å²) in [5.74, 6) is 0.580. The number of aryl methyl sites for hydroxylation is 2. The van der Waals surface area contributed by atoms with Crippen LogP contribution in [0.2, 0.25) is 5.02 Å². The van der Waals surface area contributed by atoms with E-state index in [1.54, 1.807) is 12.1 Å². The van der Waals surface area contributed by atoms with Gasteiger partial charge in [-0.3, -0.25) is 9.20 Å². The van der Waals surface area contributed by atoms with Crippen LogP contribution >= 0.6 is 22.9 Å². The van der Waals surface area contributed by atoms with E-state index in [0.29, 0.717) is 20.5 Å². The molecule has 0 radical (unpaired) electrons. The van der Waals surface area contributed by atoms with Gasteiger partial charge in [0.05, 0.1) is 10.7 Å². The van der Waals surface area contributed by atoms with Crippen molar-refractivity contribution < 1.29 is 4.79 Å². The molecule has 20 heavy (non-hydrogen) atoms. The highest BCUT2D eigenvalue weighted by Crippen LogP contribution is 2.26. The number of thiazole rings is 1. The molecule has 1 amide bonds. The molecule has 2 heterocycles. The summed E-state index contributed by atoms with van der Waals surface area (Å²) in [7, 11) is 0. The lowest BCUT2D eigenvalue weighted by Gasteiger charge is -2.06. The Balaban J connectivity index is 1.97. The van der Waals surface area contributed by atoms with Gasteiger partial charge in [-0.1, -0.05) is 35.1 Å². The van der Waals surface area contributed by atoms with Crippen molar-refractivity contribution in [2.24, 2.45) is 0 Å². The highest BCUT2D eigenvalue weighted by atomic mass is 35.5. The van der Waals surface area contributed by atoms with Gasteiger partial charge >= 0.3 is 0 Å². The number of halogens is 1.